The minimum absolute atomic E-state index is 0.104. The van der Waals surface area contributed by atoms with Gasteiger partial charge >= 0.3 is 6.09 Å². The number of rotatable bonds is 5. The predicted molar refractivity (Wildman–Crippen MR) is 126 cm³/mol. The van der Waals surface area contributed by atoms with E-state index in [9.17, 15) is 14.0 Å². The minimum atomic E-state index is -0.820. The summed E-state index contributed by atoms with van der Waals surface area (Å²) in [5.41, 5.74) is -0.869. The lowest BCUT2D eigenvalue weighted by Gasteiger charge is -2.39. The molecule has 1 aliphatic rings. The summed E-state index contributed by atoms with van der Waals surface area (Å²) in [5.74, 6) is -0.979. The van der Waals surface area contributed by atoms with Crippen molar-refractivity contribution in [1.82, 2.24) is 15.3 Å². The maximum atomic E-state index is 14.2. The lowest BCUT2D eigenvalue weighted by atomic mass is 9.81. The molecule has 1 aromatic carbocycles. The SMILES string of the molecule is CC1(COC(=O)NC(C)(C)C)CCN(c2cnc(C(=O)c3cccc(Cl)c3F)c(Cl)n2)CC1. The van der Waals surface area contributed by atoms with Crippen molar-refractivity contribution in [2.45, 2.75) is 46.1 Å². The summed E-state index contributed by atoms with van der Waals surface area (Å²) in [4.78, 5) is 35.1. The van der Waals surface area contributed by atoms with Gasteiger partial charge in [-0.2, -0.15) is 0 Å². The van der Waals surface area contributed by atoms with E-state index in [2.05, 4.69) is 22.2 Å². The number of carbonyl (C=O) groups excluding carboxylic acids is 2. The summed E-state index contributed by atoms with van der Waals surface area (Å²) >= 11 is 12.0. The molecule has 0 radical (unpaired) electrons. The summed E-state index contributed by atoms with van der Waals surface area (Å²) in [6, 6.07) is 4.16. The van der Waals surface area contributed by atoms with E-state index in [1.807, 2.05) is 25.7 Å². The van der Waals surface area contributed by atoms with Crippen LogP contribution in [0.1, 0.15) is 56.6 Å². The number of anilines is 1. The number of hydrogen-bond acceptors (Lipinski definition) is 6. The van der Waals surface area contributed by atoms with Gasteiger partial charge in [-0.15, -0.1) is 0 Å². The predicted octanol–water partition coefficient (Wildman–Crippen LogP) is 5.28. The van der Waals surface area contributed by atoms with Gasteiger partial charge in [-0.05, 0) is 45.7 Å². The molecule has 1 fully saturated rings. The highest BCUT2D eigenvalue weighted by molar-refractivity contribution is 6.34. The first-order valence-electron chi connectivity index (χ1n) is 10.6. The van der Waals surface area contributed by atoms with Crippen molar-refractivity contribution in [3.63, 3.8) is 0 Å². The standard InChI is InChI=1S/C23H27Cl2FN4O3/c1-22(2,3)29-21(32)33-13-23(4)8-10-30(11-9-23)16-12-27-18(20(25)28-16)19(31)14-6-5-7-15(24)17(14)26/h5-7,12H,8-11,13H2,1-4H3,(H,29,32). The van der Waals surface area contributed by atoms with Gasteiger partial charge < -0.3 is 15.0 Å². The first-order chi connectivity index (χ1) is 15.4. The molecule has 1 amide bonds. The van der Waals surface area contributed by atoms with Crippen molar-refractivity contribution in [3.05, 3.63) is 51.6 Å². The Morgan fingerprint density at radius 3 is 2.52 bits per heavy atom. The number of halogens is 3. The van der Waals surface area contributed by atoms with Crippen molar-refractivity contribution in [3.8, 4) is 0 Å². The van der Waals surface area contributed by atoms with Gasteiger partial charge in [-0.1, -0.05) is 36.2 Å². The van der Waals surface area contributed by atoms with Crippen molar-refractivity contribution >= 4 is 40.9 Å². The molecule has 0 unspecified atom stereocenters. The van der Waals surface area contributed by atoms with Crippen LogP contribution in [0, 0.1) is 11.2 Å². The van der Waals surface area contributed by atoms with E-state index in [0.29, 0.717) is 25.5 Å². The van der Waals surface area contributed by atoms with Crippen molar-refractivity contribution in [1.29, 1.82) is 0 Å². The third-order valence-corrected chi connectivity index (χ3v) is 6.01. The second kappa shape index (κ2) is 9.81. The molecule has 1 aromatic heterocycles. The molecular formula is C23H27Cl2FN4O3. The Labute approximate surface area is 202 Å². The Balaban J connectivity index is 1.63. The van der Waals surface area contributed by atoms with Gasteiger partial charge in [0.2, 0.25) is 5.78 Å². The molecular weight excluding hydrogens is 470 g/mol. The topological polar surface area (TPSA) is 84.4 Å². The van der Waals surface area contributed by atoms with Crippen molar-refractivity contribution < 1.29 is 18.7 Å². The highest BCUT2D eigenvalue weighted by atomic mass is 35.5. The number of ether oxygens (including phenoxy) is 1. The second-order valence-electron chi connectivity index (χ2n) is 9.55. The van der Waals surface area contributed by atoms with Gasteiger partial charge in [0.05, 0.1) is 23.4 Å². The molecule has 1 saturated heterocycles. The maximum Gasteiger partial charge on any atom is 0.407 e. The van der Waals surface area contributed by atoms with Gasteiger partial charge in [-0.3, -0.25) is 4.79 Å². The minimum Gasteiger partial charge on any atom is -0.449 e. The average molecular weight is 497 g/mol. The zero-order valence-corrected chi connectivity index (χ0v) is 20.6. The summed E-state index contributed by atoms with van der Waals surface area (Å²) < 4.78 is 19.6. The molecule has 2 heterocycles. The highest BCUT2D eigenvalue weighted by Gasteiger charge is 2.33. The van der Waals surface area contributed by atoms with Crippen molar-refractivity contribution in [2.24, 2.45) is 5.41 Å². The zero-order chi connectivity index (χ0) is 24.4. The lowest BCUT2D eigenvalue weighted by molar-refractivity contribution is 0.0715. The summed E-state index contributed by atoms with van der Waals surface area (Å²) in [6.45, 7) is 9.38. The fourth-order valence-corrected chi connectivity index (χ4v) is 3.87. The van der Waals surface area contributed by atoms with Crippen LogP contribution in [0.4, 0.5) is 15.0 Å². The van der Waals surface area contributed by atoms with Crippen LogP contribution in [-0.2, 0) is 4.74 Å². The average Bonchev–Trinajstić information content (AvgIpc) is 2.73. The highest BCUT2D eigenvalue weighted by Crippen LogP contribution is 2.33. The molecule has 2 aromatic rings. The third-order valence-electron chi connectivity index (χ3n) is 5.45. The van der Waals surface area contributed by atoms with E-state index < -0.39 is 17.7 Å². The Morgan fingerprint density at radius 1 is 1.24 bits per heavy atom. The van der Waals surface area contributed by atoms with E-state index in [1.165, 1.54) is 24.4 Å². The lowest BCUT2D eigenvalue weighted by Crippen LogP contribution is -2.45. The fourth-order valence-electron chi connectivity index (χ4n) is 3.47. The van der Waals surface area contributed by atoms with Gasteiger partial charge in [0, 0.05) is 24.0 Å². The number of nitrogens with zero attached hydrogens (tertiary/aromatic N) is 3. The molecule has 1 aliphatic heterocycles. The Morgan fingerprint density at radius 2 is 1.91 bits per heavy atom. The van der Waals surface area contributed by atoms with Gasteiger partial charge in [0.25, 0.3) is 0 Å². The number of benzene rings is 1. The molecule has 0 saturated carbocycles. The van der Waals surface area contributed by atoms with Crippen LogP contribution in [0.3, 0.4) is 0 Å². The summed E-state index contributed by atoms with van der Waals surface area (Å²) in [6.07, 6.45) is 2.56. The summed E-state index contributed by atoms with van der Waals surface area (Å²) in [5, 5.41) is 2.53. The first-order valence-corrected chi connectivity index (χ1v) is 11.4. The molecule has 0 spiro atoms. The van der Waals surface area contributed by atoms with Crippen LogP contribution in [0.2, 0.25) is 10.2 Å². The molecule has 10 heteroatoms. The van der Waals surface area contributed by atoms with Crippen LogP contribution >= 0.6 is 23.2 Å². The molecule has 0 bridgehead atoms. The largest absolute Gasteiger partial charge is 0.449 e. The van der Waals surface area contributed by atoms with Crippen LogP contribution in [0.5, 0.6) is 0 Å². The zero-order valence-electron chi connectivity index (χ0n) is 19.0. The van der Waals surface area contributed by atoms with Gasteiger partial charge in [0.15, 0.2) is 11.0 Å². The number of ketones is 1. The number of carbonyl (C=O) groups is 2. The van der Waals surface area contributed by atoms with Gasteiger partial charge in [0.1, 0.15) is 11.5 Å². The molecule has 3 rings (SSSR count). The number of hydrogen-bond donors (Lipinski definition) is 1. The second-order valence-corrected chi connectivity index (χ2v) is 10.3. The van der Waals surface area contributed by atoms with E-state index in [-0.39, 0.29) is 32.4 Å². The molecule has 33 heavy (non-hydrogen) atoms. The Kier molecular flexibility index (Phi) is 7.49. The molecule has 0 atom stereocenters. The van der Waals surface area contributed by atoms with Crippen molar-refractivity contribution in [2.75, 3.05) is 24.6 Å². The summed E-state index contributed by atoms with van der Waals surface area (Å²) in [7, 11) is 0. The van der Waals surface area contributed by atoms with E-state index in [4.69, 9.17) is 27.9 Å². The number of aromatic nitrogens is 2. The number of nitrogens with one attached hydrogen (secondary N) is 1. The monoisotopic (exact) mass is 496 g/mol. The van der Waals surface area contributed by atoms with Crippen LogP contribution in [0.25, 0.3) is 0 Å². The fraction of sp³-hybridized carbons (Fsp3) is 0.478. The number of amides is 1. The van der Waals surface area contributed by atoms with E-state index in [1.54, 1.807) is 0 Å². The third kappa shape index (κ3) is 6.32. The maximum absolute atomic E-state index is 14.2. The van der Waals surface area contributed by atoms with E-state index >= 15 is 0 Å². The van der Waals surface area contributed by atoms with Crippen LogP contribution in [-0.4, -0.2) is 47.1 Å². The molecule has 0 aliphatic carbocycles. The van der Waals surface area contributed by atoms with Crippen LogP contribution < -0.4 is 10.2 Å². The van der Waals surface area contributed by atoms with Gasteiger partial charge in [-0.25, -0.2) is 19.2 Å². The normalized spacial score (nSPS) is 15.8. The number of piperidine rings is 1. The van der Waals surface area contributed by atoms with E-state index in [0.717, 1.165) is 12.8 Å². The molecule has 7 nitrogen and oxygen atoms in total. The smallest absolute Gasteiger partial charge is 0.407 e. The first kappa shape index (κ1) is 25.2. The Bertz CT molecular complexity index is 1050. The molecule has 1 N–H and O–H groups in total. The number of alkyl carbamates (subject to hydrolysis) is 1. The van der Waals surface area contributed by atoms with Crippen LogP contribution in [0.15, 0.2) is 24.4 Å². The molecule has 178 valence electrons. The quantitative estimate of drug-likeness (QED) is 0.566. The Hall–Kier alpha value is -2.45.